The Morgan fingerprint density at radius 3 is 2.71 bits per heavy atom. The summed E-state index contributed by atoms with van der Waals surface area (Å²) in [5, 5.41) is 7.03. The van der Waals surface area contributed by atoms with Crippen LogP contribution < -0.4 is 11.1 Å². The van der Waals surface area contributed by atoms with Gasteiger partial charge in [0, 0.05) is 31.7 Å². The van der Waals surface area contributed by atoms with Gasteiger partial charge in [0.1, 0.15) is 6.54 Å². The highest BCUT2D eigenvalue weighted by molar-refractivity contribution is 5.77. The molecule has 116 valence electrons. The Kier molecular flexibility index (Phi) is 5.19. The number of nitrogens with zero attached hydrogens (tertiary/aromatic N) is 3. The molecule has 1 fully saturated rings. The molecule has 3 N–H and O–H groups in total. The van der Waals surface area contributed by atoms with E-state index < -0.39 is 0 Å². The molecule has 0 bridgehead atoms. The van der Waals surface area contributed by atoms with E-state index in [1.807, 2.05) is 11.8 Å². The number of carbonyl (C=O) groups is 2. The van der Waals surface area contributed by atoms with E-state index in [-0.39, 0.29) is 24.4 Å². The maximum atomic E-state index is 12.1. The van der Waals surface area contributed by atoms with Crippen molar-refractivity contribution in [2.24, 2.45) is 0 Å². The van der Waals surface area contributed by atoms with Crippen molar-refractivity contribution in [1.82, 2.24) is 20.0 Å². The standard InChI is InChI=1S/C14H23N5O2/c1-2-3-13(20)17-12-4-6-18(7-5-12)14(21)10-19-9-11(15)8-16-19/h8-9,12H,2-7,10,15H2,1H3,(H,17,20). The van der Waals surface area contributed by atoms with Crippen LogP contribution in [0.4, 0.5) is 5.69 Å². The molecule has 0 saturated carbocycles. The van der Waals surface area contributed by atoms with Crippen molar-refractivity contribution in [2.45, 2.75) is 45.2 Å². The van der Waals surface area contributed by atoms with E-state index in [4.69, 9.17) is 5.73 Å². The van der Waals surface area contributed by atoms with E-state index >= 15 is 0 Å². The number of carbonyl (C=O) groups excluding carboxylic acids is 2. The molecule has 0 atom stereocenters. The van der Waals surface area contributed by atoms with Gasteiger partial charge in [-0.2, -0.15) is 5.10 Å². The lowest BCUT2D eigenvalue weighted by atomic mass is 10.0. The third kappa shape index (κ3) is 4.47. The second-order valence-corrected chi connectivity index (χ2v) is 5.44. The quantitative estimate of drug-likeness (QED) is 0.820. The van der Waals surface area contributed by atoms with Gasteiger partial charge < -0.3 is 16.0 Å². The van der Waals surface area contributed by atoms with Gasteiger partial charge >= 0.3 is 0 Å². The summed E-state index contributed by atoms with van der Waals surface area (Å²) in [5.41, 5.74) is 6.13. The number of nitrogens with two attached hydrogens (primary N) is 1. The number of nitrogen functional groups attached to an aromatic ring is 1. The monoisotopic (exact) mass is 293 g/mol. The third-order valence-electron chi connectivity index (χ3n) is 3.64. The average Bonchev–Trinajstić information content (AvgIpc) is 2.85. The van der Waals surface area contributed by atoms with Crippen LogP contribution in [0, 0.1) is 0 Å². The highest BCUT2D eigenvalue weighted by atomic mass is 16.2. The summed E-state index contributed by atoms with van der Waals surface area (Å²) in [7, 11) is 0. The molecule has 2 heterocycles. The number of hydrogen-bond donors (Lipinski definition) is 2. The molecule has 2 amide bonds. The minimum Gasteiger partial charge on any atom is -0.396 e. The molecule has 2 rings (SSSR count). The third-order valence-corrected chi connectivity index (χ3v) is 3.64. The Morgan fingerprint density at radius 1 is 1.43 bits per heavy atom. The van der Waals surface area contributed by atoms with E-state index in [0.29, 0.717) is 25.2 Å². The number of aromatic nitrogens is 2. The number of likely N-dealkylation sites (tertiary alicyclic amines) is 1. The van der Waals surface area contributed by atoms with Crippen molar-refractivity contribution < 1.29 is 9.59 Å². The molecule has 7 nitrogen and oxygen atoms in total. The first-order valence-corrected chi connectivity index (χ1v) is 7.43. The van der Waals surface area contributed by atoms with Gasteiger partial charge in [0.05, 0.1) is 11.9 Å². The molecule has 21 heavy (non-hydrogen) atoms. The first-order chi connectivity index (χ1) is 10.1. The number of anilines is 1. The molecular formula is C14H23N5O2. The lowest BCUT2D eigenvalue weighted by Crippen LogP contribution is -2.47. The van der Waals surface area contributed by atoms with Crippen LogP contribution in [-0.2, 0) is 16.1 Å². The molecule has 1 aliphatic heterocycles. The maximum Gasteiger partial charge on any atom is 0.244 e. The van der Waals surface area contributed by atoms with E-state index in [1.54, 1.807) is 10.9 Å². The molecule has 0 radical (unpaired) electrons. The first kappa shape index (κ1) is 15.3. The van der Waals surface area contributed by atoms with Crippen molar-refractivity contribution in [3.8, 4) is 0 Å². The van der Waals surface area contributed by atoms with Crippen LogP contribution in [0.5, 0.6) is 0 Å². The van der Waals surface area contributed by atoms with Gasteiger partial charge in [-0.3, -0.25) is 14.3 Å². The summed E-state index contributed by atoms with van der Waals surface area (Å²) in [6.45, 7) is 3.55. The largest absolute Gasteiger partial charge is 0.396 e. The Balaban J connectivity index is 1.75. The molecule has 0 unspecified atom stereocenters. The SMILES string of the molecule is CCCC(=O)NC1CCN(C(=O)Cn2cc(N)cn2)CC1. The minimum absolute atomic E-state index is 0.0384. The molecule has 7 heteroatoms. The highest BCUT2D eigenvalue weighted by Gasteiger charge is 2.23. The van der Waals surface area contributed by atoms with E-state index in [1.165, 1.54) is 6.20 Å². The minimum atomic E-state index is 0.0384. The van der Waals surface area contributed by atoms with Crippen molar-refractivity contribution in [2.75, 3.05) is 18.8 Å². The predicted molar refractivity (Wildman–Crippen MR) is 79.3 cm³/mol. The van der Waals surface area contributed by atoms with E-state index in [2.05, 4.69) is 10.4 Å². The second kappa shape index (κ2) is 7.10. The van der Waals surface area contributed by atoms with Gasteiger partial charge in [0.25, 0.3) is 0 Å². The van der Waals surface area contributed by atoms with Crippen LogP contribution in [0.3, 0.4) is 0 Å². The van der Waals surface area contributed by atoms with Crippen molar-refractivity contribution in [3.05, 3.63) is 12.4 Å². The second-order valence-electron chi connectivity index (χ2n) is 5.44. The Bertz CT molecular complexity index is 491. The van der Waals surface area contributed by atoms with Crippen LogP contribution in [-0.4, -0.2) is 45.6 Å². The van der Waals surface area contributed by atoms with Crippen LogP contribution in [0.15, 0.2) is 12.4 Å². The van der Waals surface area contributed by atoms with Gasteiger partial charge in [-0.05, 0) is 19.3 Å². The average molecular weight is 293 g/mol. The first-order valence-electron chi connectivity index (χ1n) is 7.43. The van der Waals surface area contributed by atoms with Crippen LogP contribution >= 0.6 is 0 Å². The molecule has 1 saturated heterocycles. The molecule has 0 spiro atoms. The smallest absolute Gasteiger partial charge is 0.244 e. The summed E-state index contributed by atoms with van der Waals surface area (Å²) in [5.74, 6) is 0.144. The van der Waals surface area contributed by atoms with Gasteiger partial charge in [0.15, 0.2) is 0 Å². The number of hydrogen-bond acceptors (Lipinski definition) is 4. The summed E-state index contributed by atoms with van der Waals surface area (Å²) in [6.07, 6.45) is 6.22. The fraction of sp³-hybridized carbons (Fsp3) is 0.643. The van der Waals surface area contributed by atoms with Crippen molar-refractivity contribution in [1.29, 1.82) is 0 Å². The molecule has 0 aromatic carbocycles. The molecule has 0 aliphatic carbocycles. The Morgan fingerprint density at radius 2 is 2.14 bits per heavy atom. The fourth-order valence-corrected chi connectivity index (χ4v) is 2.50. The van der Waals surface area contributed by atoms with E-state index in [0.717, 1.165) is 19.3 Å². The van der Waals surface area contributed by atoms with Crippen LogP contribution in [0.25, 0.3) is 0 Å². The lowest BCUT2D eigenvalue weighted by Gasteiger charge is -2.32. The maximum absolute atomic E-state index is 12.1. The molecular weight excluding hydrogens is 270 g/mol. The van der Waals surface area contributed by atoms with Gasteiger partial charge in [-0.25, -0.2) is 0 Å². The van der Waals surface area contributed by atoms with Crippen LogP contribution in [0.1, 0.15) is 32.6 Å². The number of rotatable bonds is 5. The summed E-state index contributed by atoms with van der Waals surface area (Å²) in [6, 6.07) is 0.188. The summed E-state index contributed by atoms with van der Waals surface area (Å²) < 4.78 is 1.55. The Labute approximate surface area is 124 Å². The fourth-order valence-electron chi connectivity index (χ4n) is 2.50. The highest BCUT2D eigenvalue weighted by Crippen LogP contribution is 2.11. The number of nitrogens with one attached hydrogen (secondary N) is 1. The summed E-state index contributed by atoms with van der Waals surface area (Å²) >= 11 is 0. The normalized spacial score (nSPS) is 16.0. The van der Waals surface area contributed by atoms with Gasteiger partial charge in [-0.15, -0.1) is 0 Å². The lowest BCUT2D eigenvalue weighted by molar-refractivity contribution is -0.133. The van der Waals surface area contributed by atoms with Crippen molar-refractivity contribution >= 4 is 17.5 Å². The molecule has 1 aromatic rings. The Hall–Kier alpha value is -2.05. The number of amides is 2. The van der Waals surface area contributed by atoms with Crippen LogP contribution in [0.2, 0.25) is 0 Å². The van der Waals surface area contributed by atoms with Gasteiger partial charge in [-0.1, -0.05) is 6.92 Å². The van der Waals surface area contributed by atoms with Crippen molar-refractivity contribution in [3.63, 3.8) is 0 Å². The van der Waals surface area contributed by atoms with Gasteiger partial charge in [0.2, 0.25) is 11.8 Å². The summed E-state index contributed by atoms with van der Waals surface area (Å²) in [4.78, 5) is 25.5. The molecule has 1 aliphatic rings. The topological polar surface area (TPSA) is 93.2 Å². The predicted octanol–water partition coefficient (Wildman–Crippen LogP) is 0.373. The molecule has 1 aromatic heterocycles. The zero-order chi connectivity index (χ0) is 15.2. The van der Waals surface area contributed by atoms with E-state index in [9.17, 15) is 9.59 Å². The number of piperidine rings is 1. The zero-order valence-corrected chi connectivity index (χ0v) is 12.4. The zero-order valence-electron chi connectivity index (χ0n) is 12.4.